The van der Waals surface area contributed by atoms with Crippen molar-refractivity contribution in [1.29, 1.82) is 0 Å². The second-order valence-electron chi connectivity index (χ2n) is 3.48. The lowest BCUT2D eigenvalue weighted by Crippen LogP contribution is -2.18. The number of cyclic esters (lactones) is 1. The van der Waals surface area contributed by atoms with Crippen LogP contribution in [0, 0.1) is 0 Å². The summed E-state index contributed by atoms with van der Waals surface area (Å²) in [6.45, 7) is 0. The largest absolute Gasteiger partial charge is 0.497 e. The Balaban J connectivity index is 2.11. The number of esters is 1. The Morgan fingerprint density at radius 1 is 1.38 bits per heavy atom. The van der Waals surface area contributed by atoms with Gasteiger partial charge in [-0.2, -0.15) is 0 Å². The molecule has 1 aliphatic heterocycles. The van der Waals surface area contributed by atoms with Gasteiger partial charge in [0.1, 0.15) is 11.9 Å². The van der Waals surface area contributed by atoms with Crippen LogP contribution in [0.15, 0.2) is 36.4 Å². The molecule has 4 nitrogen and oxygen atoms in total. The molecule has 0 aromatic heterocycles. The molecule has 1 N–H and O–H groups in total. The molecule has 0 radical (unpaired) electrons. The maximum Gasteiger partial charge on any atom is 0.331 e. The summed E-state index contributed by atoms with van der Waals surface area (Å²) in [5, 5.41) is 9.93. The topological polar surface area (TPSA) is 55.8 Å². The van der Waals surface area contributed by atoms with Crippen LogP contribution in [-0.2, 0) is 9.53 Å². The van der Waals surface area contributed by atoms with Gasteiger partial charge in [0.25, 0.3) is 0 Å². The Morgan fingerprint density at radius 3 is 2.56 bits per heavy atom. The van der Waals surface area contributed by atoms with Gasteiger partial charge in [-0.3, -0.25) is 0 Å². The van der Waals surface area contributed by atoms with Crippen LogP contribution in [0.2, 0.25) is 0 Å². The Hall–Kier alpha value is -1.81. The highest BCUT2D eigenvalue weighted by Crippen LogP contribution is 2.24. The Labute approximate surface area is 93.1 Å². The number of ether oxygens (including phenoxy) is 2. The molecule has 16 heavy (non-hydrogen) atoms. The molecule has 1 heterocycles. The summed E-state index contributed by atoms with van der Waals surface area (Å²) < 4.78 is 9.91. The van der Waals surface area contributed by atoms with Gasteiger partial charge >= 0.3 is 5.97 Å². The summed E-state index contributed by atoms with van der Waals surface area (Å²) >= 11 is 0. The Morgan fingerprint density at radius 2 is 2.06 bits per heavy atom. The highest BCUT2D eigenvalue weighted by molar-refractivity contribution is 5.84. The van der Waals surface area contributed by atoms with Crippen molar-refractivity contribution in [3.05, 3.63) is 42.0 Å². The summed E-state index contributed by atoms with van der Waals surface area (Å²) in [6.07, 6.45) is 1.43. The molecule has 4 heteroatoms. The van der Waals surface area contributed by atoms with Crippen LogP contribution in [0.3, 0.4) is 0 Å². The van der Waals surface area contributed by atoms with E-state index in [9.17, 15) is 9.90 Å². The normalized spacial score (nSPS) is 20.6. The minimum Gasteiger partial charge on any atom is -0.497 e. The average Bonchev–Trinajstić information content (AvgIpc) is 2.75. The molecule has 0 unspecified atom stereocenters. The van der Waals surface area contributed by atoms with E-state index in [1.165, 1.54) is 6.08 Å². The molecule has 0 saturated carbocycles. The Bertz CT molecular complexity index is 408. The van der Waals surface area contributed by atoms with E-state index in [1.54, 1.807) is 37.5 Å². The molecule has 2 atom stereocenters. The minimum atomic E-state index is -0.839. The van der Waals surface area contributed by atoms with Crippen molar-refractivity contribution in [3.8, 4) is 5.75 Å². The highest BCUT2D eigenvalue weighted by Gasteiger charge is 2.25. The predicted octanol–water partition coefficient (Wildman–Crippen LogP) is 1.21. The maximum atomic E-state index is 10.8. The smallest absolute Gasteiger partial charge is 0.331 e. The standard InChI is InChI=1S/C12H12O4/c1-15-9-4-2-8(3-5-9)12(14)10-6-7-11(13)16-10/h2-7,10,12,14H,1H3/t10-,12+/m0/s1. The lowest BCUT2D eigenvalue weighted by molar-refractivity contribution is -0.142. The Kier molecular flexibility index (Phi) is 2.92. The number of aliphatic hydroxyl groups is 1. The fraction of sp³-hybridized carbons (Fsp3) is 0.250. The van der Waals surface area contributed by atoms with Crippen molar-refractivity contribution < 1.29 is 19.4 Å². The summed E-state index contributed by atoms with van der Waals surface area (Å²) in [7, 11) is 1.58. The van der Waals surface area contributed by atoms with E-state index in [1.807, 2.05) is 0 Å². The van der Waals surface area contributed by atoms with Gasteiger partial charge in [0.15, 0.2) is 6.10 Å². The van der Waals surface area contributed by atoms with E-state index in [0.717, 1.165) is 5.75 Å². The van der Waals surface area contributed by atoms with Crippen molar-refractivity contribution in [2.45, 2.75) is 12.2 Å². The second kappa shape index (κ2) is 4.37. The summed E-state index contributed by atoms with van der Waals surface area (Å²) in [5.41, 5.74) is 0.685. The number of hydrogen-bond acceptors (Lipinski definition) is 4. The first kappa shape index (κ1) is 10.7. The molecule has 1 aliphatic rings. The predicted molar refractivity (Wildman–Crippen MR) is 57.0 cm³/mol. The number of rotatable bonds is 3. The lowest BCUT2D eigenvalue weighted by atomic mass is 10.0. The summed E-state index contributed by atoms with van der Waals surface area (Å²) in [4.78, 5) is 10.8. The summed E-state index contributed by atoms with van der Waals surface area (Å²) in [6, 6.07) is 6.98. The number of carbonyl (C=O) groups is 1. The van der Waals surface area contributed by atoms with Crippen LogP contribution >= 0.6 is 0 Å². The van der Waals surface area contributed by atoms with Gasteiger partial charge in [-0.15, -0.1) is 0 Å². The molecule has 0 bridgehead atoms. The van der Waals surface area contributed by atoms with E-state index >= 15 is 0 Å². The van der Waals surface area contributed by atoms with Crippen molar-refractivity contribution in [3.63, 3.8) is 0 Å². The van der Waals surface area contributed by atoms with Gasteiger partial charge in [0.2, 0.25) is 0 Å². The third kappa shape index (κ3) is 2.06. The fourth-order valence-electron chi connectivity index (χ4n) is 1.55. The SMILES string of the molecule is COc1ccc([C@@H](O)[C@@H]2C=CC(=O)O2)cc1. The van der Waals surface area contributed by atoms with Gasteiger partial charge < -0.3 is 14.6 Å². The third-order valence-corrected chi connectivity index (χ3v) is 2.44. The molecular weight excluding hydrogens is 208 g/mol. The third-order valence-electron chi connectivity index (χ3n) is 2.44. The molecule has 1 aromatic carbocycles. The fourth-order valence-corrected chi connectivity index (χ4v) is 1.55. The lowest BCUT2D eigenvalue weighted by Gasteiger charge is -2.16. The maximum absolute atomic E-state index is 10.8. The molecule has 0 saturated heterocycles. The van der Waals surface area contributed by atoms with Crippen LogP contribution in [0.4, 0.5) is 0 Å². The molecule has 0 amide bonds. The molecule has 84 valence electrons. The molecule has 0 spiro atoms. The zero-order valence-corrected chi connectivity index (χ0v) is 8.79. The van der Waals surface area contributed by atoms with Crippen LogP contribution in [0.5, 0.6) is 5.75 Å². The van der Waals surface area contributed by atoms with Gasteiger partial charge in [-0.25, -0.2) is 4.79 Å². The quantitative estimate of drug-likeness (QED) is 0.778. The van der Waals surface area contributed by atoms with E-state index in [4.69, 9.17) is 9.47 Å². The van der Waals surface area contributed by atoms with Crippen LogP contribution < -0.4 is 4.74 Å². The van der Waals surface area contributed by atoms with Crippen molar-refractivity contribution in [2.75, 3.05) is 7.11 Å². The van der Waals surface area contributed by atoms with Gasteiger partial charge in [0, 0.05) is 6.08 Å². The number of aliphatic hydroxyl groups excluding tert-OH is 1. The molecule has 2 rings (SSSR count). The first-order chi connectivity index (χ1) is 7.70. The van der Waals surface area contributed by atoms with E-state index in [2.05, 4.69) is 0 Å². The average molecular weight is 220 g/mol. The van der Waals surface area contributed by atoms with Crippen LogP contribution in [0.25, 0.3) is 0 Å². The van der Waals surface area contributed by atoms with Crippen molar-refractivity contribution in [2.24, 2.45) is 0 Å². The molecule has 0 aliphatic carbocycles. The highest BCUT2D eigenvalue weighted by atomic mass is 16.6. The van der Waals surface area contributed by atoms with E-state index < -0.39 is 18.2 Å². The van der Waals surface area contributed by atoms with Crippen LogP contribution in [-0.4, -0.2) is 24.3 Å². The number of benzene rings is 1. The van der Waals surface area contributed by atoms with Gasteiger partial charge in [0.05, 0.1) is 7.11 Å². The molecule has 0 fully saturated rings. The van der Waals surface area contributed by atoms with Crippen molar-refractivity contribution >= 4 is 5.97 Å². The number of carbonyl (C=O) groups excluding carboxylic acids is 1. The van der Waals surface area contributed by atoms with Crippen LogP contribution in [0.1, 0.15) is 11.7 Å². The van der Waals surface area contributed by atoms with Gasteiger partial charge in [-0.1, -0.05) is 12.1 Å². The zero-order chi connectivity index (χ0) is 11.5. The van der Waals surface area contributed by atoms with Crippen molar-refractivity contribution in [1.82, 2.24) is 0 Å². The minimum absolute atomic E-state index is 0.419. The monoisotopic (exact) mass is 220 g/mol. The first-order valence-electron chi connectivity index (χ1n) is 4.91. The van der Waals surface area contributed by atoms with E-state index in [0.29, 0.717) is 5.56 Å². The zero-order valence-electron chi connectivity index (χ0n) is 8.79. The van der Waals surface area contributed by atoms with Gasteiger partial charge in [-0.05, 0) is 23.8 Å². The first-order valence-corrected chi connectivity index (χ1v) is 4.91. The number of hydrogen-bond donors (Lipinski definition) is 1. The van der Waals surface area contributed by atoms with E-state index in [-0.39, 0.29) is 0 Å². The summed E-state index contributed by atoms with van der Waals surface area (Å²) in [5.74, 6) is 0.299. The number of methoxy groups -OCH3 is 1. The molecular formula is C12H12O4. The molecule has 1 aromatic rings. The second-order valence-corrected chi connectivity index (χ2v) is 3.48.